The number of nitrogens with one attached hydrogen (secondary N) is 1. The van der Waals surface area contributed by atoms with Crippen LogP contribution in [0.1, 0.15) is 0 Å². The summed E-state index contributed by atoms with van der Waals surface area (Å²) in [6.07, 6.45) is 0. The second kappa shape index (κ2) is 7.89. The molecule has 1 rings (SSSR count). The molecule has 0 saturated heterocycles. The predicted molar refractivity (Wildman–Crippen MR) is 81.8 cm³/mol. The lowest BCUT2D eigenvalue weighted by atomic mass is 10.3. The third-order valence-electron chi connectivity index (χ3n) is 2.48. The molecule has 20 heavy (non-hydrogen) atoms. The quantitative estimate of drug-likeness (QED) is 0.590. The molecule has 114 valence electrons. The minimum Gasteiger partial charge on any atom is -0.318 e. The predicted octanol–water partition coefficient (Wildman–Crippen LogP) is 1.62. The van der Waals surface area contributed by atoms with Crippen molar-refractivity contribution in [2.75, 3.05) is 27.2 Å². The lowest BCUT2D eigenvalue weighted by Crippen LogP contribution is -2.33. The van der Waals surface area contributed by atoms with E-state index in [4.69, 9.17) is 0 Å². The third kappa shape index (κ3) is 4.38. The molecule has 10 heteroatoms. The summed E-state index contributed by atoms with van der Waals surface area (Å²) in [6.45, 7) is 0.681. The fourth-order valence-corrected chi connectivity index (χ4v) is 3.27. The van der Waals surface area contributed by atoms with Crippen LogP contribution < -0.4 is 5.32 Å². The Kier molecular flexibility index (Phi) is 7.60. The van der Waals surface area contributed by atoms with Gasteiger partial charge >= 0.3 is 0 Å². The summed E-state index contributed by atoms with van der Waals surface area (Å²) in [7, 11) is -0.805. The van der Waals surface area contributed by atoms with E-state index in [9.17, 15) is 18.5 Å². The number of nitrogens with zero attached hydrogens (tertiary/aromatic N) is 2. The van der Waals surface area contributed by atoms with E-state index in [2.05, 4.69) is 21.2 Å². The van der Waals surface area contributed by atoms with Crippen LogP contribution in [0.3, 0.4) is 0 Å². The number of nitro benzene ring substituents is 1. The molecule has 0 heterocycles. The van der Waals surface area contributed by atoms with Crippen LogP contribution in [0.15, 0.2) is 27.6 Å². The van der Waals surface area contributed by atoms with Crippen LogP contribution in [0.2, 0.25) is 0 Å². The highest BCUT2D eigenvalue weighted by atomic mass is 79.9. The Balaban J connectivity index is 0.00000361. The molecular weight excluding hydrogens is 374 g/mol. The molecule has 0 amide bonds. The van der Waals surface area contributed by atoms with E-state index in [1.807, 2.05) is 0 Å². The summed E-state index contributed by atoms with van der Waals surface area (Å²) in [5.41, 5.74) is -0.431. The molecule has 0 saturated carbocycles. The first-order valence-corrected chi connectivity index (χ1v) is 7.59. The fraction of sp³-hybridized carbons (Fsp3) is 0.400. The molecule has 0 bridgehead atoms. The van der Waals surface area contributed by atoms with Crippen molar-refractivity contribution in [2.24, 2.45) is 0 Å². The van der Waals surface area contributed by atoms with E-state index in [1.54, 1.807) is 7.05 Å². The number of nitro groups is 1. The van der Waals surface area contributed by atoms with E-state index in [0.717, 1.165) is 4.31 Å². The maximum Gasteiger partial charge on any atom is 0.289 e. The van der Waals surface area contributed by atoms with E-state index in [-0.39, 0.29) is 23.8 Å². The van der Waals surface area contributed by atoms with Gasteiger partial charge in [0.1, 0.15) is 0 Å². The summed E-state index contributed by atoms with van der Waals surface area (Å²) in [5.74, 6) is 0. The van der Waals surface area contributed by atoms with Gasteiger partial charge < -0.3 is 5.32 Å². The highest BCUT2D eigenvalue weighted by molar-refractivity contribution is 9.10. The smallest absolute Gasteiger partial charge is 0.289 e. The molecule has 1 N–H and O–H groups in total. The van der Waals surface area contributed by atoms with Crippen molar-refractivity contribution < 1.29 is 13.3 Å². The largest absolute Gasteiger partial charge is 0.318 e. The monoisotopic (exact) mass is 387 g/mol. The Labute approximate surface area is 132 Å². The molecule has 0 radical (unpaired) electrons. The van der Waals surface area contributed by atoms with Gasteiger partial charge in [0.05, 0.1) is 4.92 Å². The normalized spacial score (nSPS) is 11.2. The van der Waals surface area contributed by atoms with Crippen molar-refractivity contribution in [3.8, 4) is 0 Å². The van der Waals surface area contributed by atoms with Crippen molar-refractivity contribution in [1.82, 2.24) is 9.62 Å². The molecule has 0 aliphatic heterocycles. The van der Waals surface area contributed by atoms with Gasteiger partial charge in [-0.05, 0) is 19.2 Å². The van der Waals surface area contributed by atoms with E-state index >= 15 is 0 Å². The number of benzene rings is 1. The summed E-state index contributed by atoms with van der Waals surface area (Å²) in [4.78, 5) is 9.89. The average Bonchev–Trinajstić information content (AvgIpc) is 2.35. The lowest BCUT2D eigenvalue weighted by Gasteiger charge is -2.17. The Bertz CT molecular complexity index is 582. The fourth-order valence-electron chi connectivity index (χ4n) is 1.40. The zero-order chi connectivity index (χ0) is 14.6. The zero-order valence-corrected chi connectivity index (χ0v) is 14.1. The number of hydrogen-bond donors (Lipinski definition) is 1. The summed E-state index contributed by atoms with van der Waals surface area (Å²) >= 11 is 3.12. The van der Waals surface area contributed by atoms with Gasteiger partial charge in [-0.25, -0.2) is 8.42 Å². The van der Waals surface area contributed by atoms with Gasteiger partial charge in [0.15, 0.2) is 4.90 Å². The molecule has 1 aromatic rings. The van der Waals surface area contributed by atoms with Crippen LogP contribution in [-0.4, -0.2) is 44.8 Å². The number of likely N-dealkylation sites (N-methyl/N-ethyl adjacent to an activating group) is 2. The number of hydrogen-bond acceptors (Lipinski definition) is 5. The lowest BCUT2D eigenvalue weighted by molar-refractivity contribution is -0.387. The molecule has 0 spiro atoms. The molecule has 7 nitrogen and oxygen atoms in total. The van der Waals surface area contributed by atoms with Gasteiger partial charge in [-0.2, -0.15) is 4.31 Å². The van der Waals surface area contributed by atoms with Gasteiger partial charge in [0, 0.05) is 30.7 Å². The number of halogens is 2. The van der Waals surface area contributed by atoms with Crippen LogP contribution in [0.5, 0.6) is 0 Å². The van der Waals surface area contributed by atoms with Crippen molar-refractivity contribution in [1.29, 1.82) is 0 Å². The maximum atomic E-state index is 12.3. The minimum absolute atomic E-state index is 0. The molecule has 0 fully saturated rings. The first kappa shape index (κ1) is 19.3. The highest BCUT2D eigenvalue weighted by Gasteiger charge is 2.29. The second-order valence-electron chi connectivity index (χ2n) is 3.80. The van der Waals surface area contributed by atoms with Crippen LogP contribution in [-0.2, 0) is 10.0 Å². The molecule has 1 aromatic carbocycles. The van der Waals surface area contributed by atoms with E-state index < -0.39 is 20.6 Å². The van der Waals surface area contributed by atoms with Crippen LogP contribution >= 0.6 is 28.3 Å². The Morgan fingerprint density at radius 2 is 2.05 bits per heavy atom. The number of sulfonamides is 1. The maximum absolute atomic E-state index is 12.3. The molecule has 0 unspecified atom stereocenters. The highest BCUT2D eigenvalue weighted by Crippen LogP contribution is 2.29. The van der Waals surface area contributed by atoms with Crippen molar-refractivity contribution >= 4 is 44.0 Å². The van der Waals surface area contributed by atoms with Gasteiger partial charge in [-0.3, -0.25) is 10.1 Å². The van der Waals surface area contributed by atoms with Crippen molar-refractivity contribution in [3.63, 3.8) is 0 Å². The first-order valence-electron chi connectivity index (χ1n) is 5.35. The summed E-state index contributed by atoms with van der Waals surface area (Å²) < 4.78 is 26.1. The SMILES string of the molecule is CNCCN(C)S(=O)(=O)c1cc(Br)ccc1[N+](=O)[O-].Cl. The molecule has 0 aliphatic carbocycles. The van der Waals surface area contributed by atoms with Crippen LogP contribution in [0, 0.1) is 10.1 Å². The van der Waals surface area contributed by atoms with Gasteiger partial charge in [-0.15, -0.1) is 12.4 Å². The molecule has 0 aromatic heterocycles. The minimum atomic E-state index is -3.89. The molecular formula is C10H15BrClN3O4S. The summed E-state index contributed by atoms with van der Waals surface area (Å²) in [5, 5.41) is 13.7. The van der Waals surface area contributed by atoms with Crippen LogP contribution in [0.4, 0.5) is 5.69 Å². The van der Waals surface area contributed by atoms with Gasteiger partial charge in [0.25, 0.3) is 5.69 Å². The number of rotatable bonds is 6. The second-order valence-corrected chi connectivity index (χ2v) is 6.73. The van der Waals surface area contributed by atoms with Gasteiger partial charge in [-0.1, -0.05) is 15.9 Å². The first-order chi connectivity index (χ1) is 8.80. The van der Waals surface area contributed by atoms with Crippen LogP contribution in [0.25, 0.3) is 0 Å². The van der Waals surface area contributed by atoms with Crippen molar-refractivity contribution in [3.05, 3.63) is 32.8 Å². The Hall–Kier alpha value is -0.740. The molecule has 0 atom stereocenters. The standard InChI is InChI=1S/C10H14BrN3O4S.ClH/c1-12-5-6-13(2)19(17,18)10-7-8(11)3-4-9(10)14(15)16;/h3-4,7,12H,5-6H2,1-2H3;1H. The topological polar surface area (TPSA) is 92.6 Å². The van der Waals surface area contributed by atoms with E-state index in [0.29, 0.717) is 11.0 Å². The third-order valence-corrected chi connectivity index (χ3v) is 4.86. The average molecular weight is 389 g/mol. The molecule has 0 aliphatic rings. The summed E-state index contributed by atoms with van der Waals surface area (Å²) in [6, 6.07) is 3.84. The van der Waals surface area contributed by atoms with Gasteiger partial charge in [0.2, 0.25) is 10.0 Å². The Morgan fingerprint density at radius 1 is 1.45 bits per heavy atom. The zero-order valence-electron chi connectivity index (χ0n) is 10.9. The van der Waals surface area contributed by atoms with E-state index in [1.165, 1.54) is 25.2 Å². The Morgan fingerprint density at radius 3 is 2.55 bits per heavy atom. The van der Waals surface area contributed by atoms with Crippen molar-refractivity contribution in [2.45, 2.75) is 4.90 Å².